The van der Waals surface area contributed by atoms with Crippen LogP contribution in [0.4, 0.5) is 5.69 Å². The molecule has 6 nitrogen and oxygen atoms in total. The zero-order valence-electron chi connectivity index (χ0n) is 10.5. The van der Waals surface area contributed by atoms with E-state index in [9.17, 15) is 8.42 Å². The lowest BCUT2D eigenvalue weighted by atomic mass is 10.3. The number of benzene rings is 1. The van der Waals surface area contributed by atoms with Crippen molar-refractivity contribution in [3.8, 4) is 11.5 Å². The maximum absolute atomic E-state index is 12.0. The summed E-state index contributed by atoms with van der Waals surface area (Å²) in [6, 6.07) is 6.08. The van der Waals surface area contributed by atoms with Crippen LogP contribution in [0, 0.1) is 0 Å². The molecule has 0 radical (unpaired) electrons. The van der Waals surface area contributed by atoms with Gasteiger partial charge < -0.3 is 10.5 Å². The maximum atomic E-state index is 12.0. The minimum absolute atomic E-state index is 0.0278. The molecule has 1 aromatic carbocycles. The largest absolute Gasteiger partial charge is 0.454 e. The van der Waals surface area contributed by atoms with Crippen molar-refractivity contribution >= 4 is 31.6 Å². The molecule has 0 aliphatic heterocycles. The van der Waals surface area contributed by atoms with Crippen molar-refractivity contribution in [3.05, 3.63) is 41.1 Å². The zero-order chi connectivity index (χ0) is 14.8. The van der Waals surface area contributed by atoms with E-state index in [1.807, 2.05) is 0 Å². The summed E-state index contributed by atoms with van der Waals surface area (Å²) < 4.78 is 32.4. The molecule has 1 heterocycles. The lowest BCUT2D eigenvalue weighted by molar-refractivity contribution is 0.464. The van der Waals surface area contributed by atoms with Crippen LogP contribution in [0.15, 0.2) is 46.0 Å². The number of anilines is 1. The summed E-state index contributed by atoms with van der Waals surface area (Å²) in [5.74, 6) is 0.588. The van der Waals surface area contributed by atoms with Crippen LogP contribution >= 0.6 is 15.9 Å². The highest BCUT2D eigenvalue weighted by Crippen LogP contribution is 2.30. The molecule has 0 saturated heterocycles. The monoisotopic (exact) mass is 357 g/mol. The maximum Gasteiger partial charge on any atom is 0.244 e. The normalized spacial score (nSPS) is 11.3. The number of pyridine rings is 1. The number of aromatic nitrogens is 1. The molecule has 106 valence electrons. The third-order valence-corrected chi connectivity index (χ3v) is 4.30. The second-order valence-electron chi connectivity index (χ2n) is 3.85. The number of nitrogens with one attached hydrogen (secondary N) is 1. The Morgan fingerprint density at radius 2 is 2.05 bits per heavy atom. The number of hydrogen-bond donors (Lipinski definition) is 2. The molecule has 0 aliphatic rings. The smallest absolute Gasteiger partial charge is 0.244 e. The predicted octanol–water partition coefficient (Wildman–Crippen LogP) is 2.13. The van der Waals surface area contributed by atoms with Crippen molar-refractivity contribution in [2.24, 2.45) is 0 Å². The first kappa shape index (κ1) is 14.8. The fourth-order valence-corrected chi connectivity index (χ4v) is 2.73. The van der Waals surface area contributed by atoms with Gasteiger partial charge in [-0.1, -0.05) is 0 Å². The molecule has 2 rings (SSSR count). The average Bonchev–Trinajstić information content (AvgIpc) is 2.41. The van der Waals surface area contributed by atoms with Crippen molar-refractivity contribution < 1.29 is 13.2 Å². The Morgan fingerprint density at radius 3 is 2.70 bits per heavy atom. The van der Waals surface area contributed by atoms with Crippen LogP contribution in [0.5, 0.6) is 11.5 Å². The van der Waals surface area contributed by atoms with E-state index >= 15 is 0 Å². The van der Waals surface area contributed by atoms with E-state index < -0.39 is 10.0 Å². The molecule has 1 aromatic heterocycles. The summed E-state index contributed by atoms with van der Waals surface area (Å²) in [6.07, 6.45) is 3.08. The van der Waals surface area contributed by atoms with Gasteiger partial charge in [-0.15, -0.1) is 0 Å². The van der Waals surface area contributed by atoms with Gasteiger partial charge in [0.05, 0.1) is 6.20 Å². The number of nitrogens with two attached hydrogens (primary N) is 1. The average molecular weight is 358 g/mol. The van der Waals surface area contributed by atoms with Crippen molar-refractivity contribution in [1.29, 1.82) is 0 Å². The standard InChI is InChI=1S/C12H12BrN3O3S/c1-15-20(17,18)12-5-9(14)2-3-11(12)19-10-4-8(13)6-16-7-10/h2-7,15H,14H2,1H3. The number of nitrogen functional groups attached to an aromatic ring is 1. The molecule has 0 bridgehead atoms. The van der Waals surface area contributed by atoms with Crippen molar-refractivity contribution in [2.45, 2.75) is 4.90 Å². The van der Waals surface area contributed by atoms with E-state index in [2.05, 4.69) is 25.6 Å². The van der Waals surface area contributed by atoms with E-state index in [4.69, 9.17) is 10.5 Å². The van der Waals surface area contributed by atoms with Gasteiger partial charge in [0.25, 0.3) is 0 Å². The highest BCUT2D eigenvalue weighted by atomic mass is 79.9. The lowest BCUT2D eigenvalue weighted by Crippen LogP contribution is -2.19. The molecule has 0 saturated carbocycles. The van der Waals surface area contributed by atoms with Gasteiger partial charge in [0.1, 0.15) is 16.4 Å². The third kappa shape index (κ3) is 3.27. The van der Waals surface area contributed by atoms with Crippen molar-refractivity contribution in [1.82, 2.24) is 9.71 Å². The Labute approximate surface area is 125 Å². The molecule has 0 amide bonds. The Hall–Kier alpha value is -1.64. The van der Waals surface area contributed by atoms with Crippen LogP contribution < -0.4 is 15.2 Å². The first-order chi connectivity index (χ1) is 9.42. The molecule has 0 fully saturated rings. The SMILES string of the molecule is CNS(=O)(=O)c1cc(N)ccc1Oc1cncc(Br)c1. The second kappa shape index (κ2) is 5.78. The fourth-order valence-electron chi connectivity index (χ4n) is 1.50. The van der Waals surface area contributed by atoms with Gasteiger partial charge in [0, 0.05) is 16.4 Å². The van der Waals surface area contributed by atoms with Gasteiger partial charge in [-0.3, -0.25) is 4.98 Å². The third-order valence-electron chi connectivity index (χ3n) is 2.43. The molecule has 0 unspecified atom stereocenters. The summed E-state index contributed by atoms with van der Waals surface area (Å²) in [5.41, 5.74) is 5.96. The Bertz CT molecular complexity index is 734. The number of sulfonamides is 1. The Balaban J connectivity index is 2.47. The first-order valence-corrected chi connectivity index (χ1v) is 7.81. The van der Waals surface area contributed by atoms with E-state index in [0.717, 1.165) is 4.47 Å². The molecule has 20 heavy (non-hydrogen) atoms. The van der Waals surface area contributed by atoms with E-state index in [-0.39, 0.29) is 10.6 Å². The number of halogens is 1. The van der Waals surface area contributed by atoms with Gasteiger partial charge in [-0.05, 0) is 47.2 Å². The topological polar surface area (TPSA) is 94.3 Å². The van der Waals surface area contributed by atoms with E-state index in [1.165, 1.54) is 25.4 Å². The van der Waals surface area contributed by atoms with Crippen LogP contribution in [0.1, 0.15) is 0 Å². The van der Waals surface area contributed by atoms with Gasteiger partial charge in [-0.2, -0.15) is 0 Å². The summed E-state index contributed by atoms with van der Waals surface area (Å²) in [5, 5.41) is 0. The van der Waals surface area contributed by atoms with Crippen LogP contribution in [0.3, 0.4) is 0 Å². The van der Waals surface area contributed by atoms with Gasteiger partial charge in [0.2, 0.25) is 10.0 Å². The van der Waals surface area contributed by atoms with Crippen LogP contribution in [-0.2, 0) is 10.0 Å². The zero-order valence-corrected chi connectivity index (χ0v) is 12.9. The summed E-state index contributed by atoms with van der Waals surface area (Å²) >= 11 is 3.27. The van der Waals surface area contributed by atoms with Crippen molar-refractivity contribution in [3.63, 3.8) is 0 Å². The first-order valence-electron chi connectivity index (χ1n) is 5.54. The molecule has 0 spiro atoms. The van der Waals surface area contributed by atoms with Gasteiger partial charge >= 0.3 is 0 Å². The van der Waals surface area contributed by atoms with Crippen LogP contribution in [-0.4, -0.2) is 20.4 Å². The minimum Gasteiger partial charge on any atom is -0.454 e. The highest BCUT2D eigenvalue weighted by Gasteiger charge is 2.19. The Morgan fingerprint density at radius 1 is 1.30 bits per heavy atom. The highest BCUT2D eigenvalue weighted by molar-refractivity contribution is 9.10. The predicted molar refractivity (Wildman–Crippen MR) is 79.1 cm³/mol. The van der Waals surface area contributed by atoms with E-state index in [1.54, 1.807) is 18.3 Å². The summed E-state index contributed by atoms with van der Waals surface area (Å²) in [7, 11) is -2.35. The Kier molecular flexibility index (Phi) is 4.26. The molecule has 3 N–H and O–H groups in total. The van der Waals surface area contributed by atoms with Gasteiger partial charge in [0.15, 0.2) is 0 Å². The molecule has 2 aromatic rings. The number of hydrogen-bond acceptors (Lipinski definition) is 5. The number of rotatable bonds is 4. The molecular weight excluding hydrogens is 346 g/mol. The fraction of sp³-hybridized carbons (Fsp3) is 0.0833. The van der Waals surface area contributed by atoms with Crippen molar-refractivity contribution in [2.75, 3.05) is 12.8 Å². The molecule has 0 atom stereocenters. The number of nitrogens with zero attached hydrogens (tertiary/aromatic N) is 1. The van der Waals surface area contributed by atoms with Crippen LogP contribution in [0.25, 0.3) is 0 Å². The molecular formula is C12H12BrN3O3S. The summed E-state index contributed by atoms with van der Waals surface area (Å²) in [6.45, 7) is 0. The van der Waals surface area contributed by atoms with Crippen LogP contribution in [0.2, 0.25) is 0 Å². The van der Waals surface area contributed by atoms with E-state index in [0.29, 0.717) is 11.4 Å². The molecule has 0 aliphatic carbocycles. The lowest BCUT2D eigenvalue weighted by Gasteiger charge is -2.11. The minimum atomic E-state index is -3.67. The molecule has 8 heteroatoms. The summed E-state index contributed by atoms with van der Waals surface area (Å²) in [4.78, 5) is 3.92. The quantitative estimate of drug-likeness (QED) is 0.817. The van der Waals surface area contributed by atoms with Gasteiger partial charge in [-0.25, -0.2) is 13.1 Å². The number of ether oxygens (including phenoxy) is 1. The second-order valence-corrected chi connectivity index (χ2v) is 6.63.